The number of ether oxygens (including phenoxy) is 2. The maximum Gasteiger partial charge on any atom is 0.413 e. The molecule has 0 aromatic heterocycles. The molecule has 2 amide bonds. The highest BCUT2D eigenvalue weighted by Gasteiger charge is 2.25. The van der Waals surface area contributed by atoms with E-state index in [0.29, 0.717) is 17.7 Å². The Kier molecular flexibility index (Phi) is 11.4. The number of carbonyl (C=O) groups excluding carboxylic acids is 2. The fourth-order valence-electron chi connectivity index (χ4n) is 3.41. The van der Waals surface area contributed by atoms with Gasteiger partial charge in [0.25, 0.3) is 0 Å². The predicted molar refractivity (Wildman–Crippen MR) is 149 cm³/mol. The number of carboxylic acid groups (broad SMARTS) is 1. The SMILES string of the molecule is N=C(NC(=O)OCc1ccccc1)c1ccc(OCCCC(=O)NCC(NS(=O)(=O)c2ccccc2)C(=O)O)cc1. The van der Waals surface area contributed by atoms with Gasteiger partial charge in [-0.05, 0) is 48.4 Å². The van der Waals surface area contributed by atoms with Crippen LogP contribution in [-0.2, 0) is 31.0 Å². The molecule has 0 aliphatic heterocycles. The summed E-state index contributed by atoms with van der Waals surface area (Å²) in [4.78, 5) is 35.5. The largest absolute Gasteiger partial charge is 0.494 e. The predicted octanol–water partition coefficient (Wildman–Crippen LogP) is 2.65. The summed E-state index contributed by atoms with van der Waals surface area (Å²) in [5.74, 6) is -1.55. The molecule has 0 spiro atoms. The highest BCUT2D eigenvalue weighted by atomic mass is 32.2. The maximum atomic E-state index is 12.4. The van der Waals surface area contributed by atoms with Gasteiger partial charge < -0.3 is 19.9 Å². The molecule has 0 saturated heterocycles. The summed E-state index contributed by atoms with van der Waals surface area (Å²) < 4.78 is 37.5. The van der Waals surface area contributed by atoms with Crippen LogP contribution in [0.25, 0.3) is 0 Å². The van der Waals surface area contributed by atoms with Crippen LogP contribution in [0.2, 0.25) is 0 Å². The molecule has 216 valence electrons. The molecule has 0 fully saturated rings. The number of rotatable bonds is 14. The topological polar surface area (TPSA) is 184 Å². The second kappa shape index (κ2) is 15.1. The summed E-state index contributed by atoms with van der Waals surface area (Å²) in [6.45, 7) is -0.169. The van der Waals surface area contributed by atoms with Crippen molar-refractivity contribution in [1.29, 1.82) is 5.41 Å². The minimum Gasteiger partial charge on any atom is -0.494 e. The number of amidine groups is 1. The smallest absolute Gasteiger partial charge is 0.413 e. The van der Waals surface area contributed by atoms with Crippen LogP contribution in [0.4, 0.5) is 4.79 Å². The van der Waals surface area contributed by atoms with Crippen LogP contribution in [0.1, 0.15) is 24.0 Å². The van der Waals surface area contributed by atoms with Crippen molar-refractivity contribution in [2.24, 2.45) is 0 Å². The zero-order valence-corrected chi connectivity index (χ0v) is 22.7. The second-order valence-electron chi connectivity index (χ2n) is 8.67. The molecule has 1 atom stereocenters. The third-order valence-corrected chi connectivity index (χ3v) is 7.04. The van der Waals surface area contributed by atoms with Crippen molar-refractivity contribution in [1.82, 2.24) is 15.4 Å². The number of aliphatic carboxylic acids is 1. The van der Waals surface area contributed by atoms with E-state index in [1.54, 1.807) is 30.3 Å². The van der Waals surface area contributed by atoms with E-state index < -0.39 is 40.6 Å². The van der Waals surface area contributed by atoms with Crippen molar-refractivity contribution >= 4 is 33.8 Å². The van der Waals surface area contributed by atoms with Gasteiger partial charge in [-0.25, -0.2) is 13.2 Å². The van der Waals surface area contributed by atoms with E-state index in [9.17, 15) is 27.9 Å². The van der Waals surface area contributed by atoms with Gasteiger partial charge in [-0.15, -0.1) is 0 Å². The normalized spacial score (nSPS) is 11.6. The Morgan fingerprint density at radius 2 is 1.54 bits per heavy atom. The molecule has 1 unspecified atom stereocenters. The van der Waals surface area contributed by atoms with Crippen molar-refractivity contribution in [2.75, 3.05) is 13.2 Å². The number of benzene rings is 3. The van der Waals surface area contributed by atoms with Gasteiger partial charge >= 0.3 is 12.1 Å². The third kappa shape index (κ3) is 10.4. The van der Waals surface area contributed by atoms with E-state index >= 15 is 0 Å². The van der Waals surface area contributed by atoms with Crippen LogP contribution >= 0.6 is 0 Å². The van der Waals surface area contributed by atoms with Crippen molar-refractivity contribution in [2.45, 2.75) is 30.4 Å². The lowest BCUT2D eigenvalue weighted by Crippen LogP contribution is -2.48. The molecule has 0 bridgehead atoms. The fraction of sp³-hybridized carbons (Fsp3) is 0.214. The van der Waals surface area contributed by atoms with Crippen LogP contribution in [0.3, 0.4) is 0 Å². The van der Waals surface area contributed by atoms with E-state index in [-0.39, 0.29) is 30.4 Å². The number of alkyl carbamates (subject to hydrolysis) is 1. The average Bonchev–Trinajstić information content (AvgIpc) is 2.97. The molecule has 41 heavy (non-hydrogen) atoms. The van der Waals surface area contributed by atoms with E-state index in [2.05, 4.69) is 15.4 Å². The molecule has 0 saturated carbocycles. The van der Waals surface area contributed by atoms with E-state index in [4.69, 9.17) is 14.9 Å². The monoisotopic (exact) mass is 582 g/mol. The van der Waals surface area contributed by atoms with Crippen LogP contribution < -0.4 is 20.1 Å². The van der Waals surface area contributed by atoms with Crippen LogP contribution in [0, 0.1) is 5.41 Å². The van der Waals surface area contributed by atoms with Crippen molar-refractivity contribution in [3.63, 3.8) is 0 Å². The quantitative estimate of drug-likeness (QED) is 0.109. The summed E-state index contributed by atoms with van der Waals surface area (Å²) in [5.41, 5.74) is 1.26. The lowest BCUT2D eigenvalue weighted by atomic mass is 10.2. The molecule has 0 aliphatic rings. The summed E-state index contributed by atoms with van der Waals surface area (Å²) in [6, 6.07) is 21.3. The Morgan fingerprint density at radius 1 is 0.902 bits per heavy atom. The van der Waals surface area contributed by atoms with Gasteiger partial charge in [0.2, 0.25) is 15.9 Å². The van der Waals surface area contributed by atoms with Gasteiger partial charge in [0, 0.05) is 18.5 Å². The minimum atomic E-state index is -4.07. The molecule has 0 radical (unpaired) electrons. The summed E-state index contributed by atoms with van der Waals surface area (Å²) >= 11 is 0. The van der Waals surface area contributed by atoms with Crippen LogP contribution in [-0.4, -0.2) is 56.5 Å². The highest BCUT2D eigenvalue weighted by molar-refractivity contribution is 7.89. The first kappa shape index (κ1) is 30.8. The minimum absolute atomic E-state index is 0.0233. The van der Waals surface area contributed by atoms with Gasteiger partial charge in [-0.1, -0.05) is 48.5 Å². The summed E-state index contributed by atoms with van der Waals surface area (Å²) in [6.07, 6.45) is -0.415. The Labute approximate surface area is 237 Å². The Morgan fingerprint density at radius 3 is 2.17 bits per heavy atom. The molecule has 0 aliphatic carbocycles. The molecule has 13 heteroatoms. The highest BCUT2D eigenvalue weighted by Crippen LogP contribution is 2.13. The van der Waals surface area contributed by atoms with E-state index in [0.717, 1.165) is 5.56 Å². The molecule has 0 heterocycles. The van der Waals surface area contributed by atoms with Crippen molar-refractivity contribution in [3.05, 3.63) is 96.1 Å². The van der Waals surface area contributed by atoms with Crippen LogP contribution in [0.15, 0.2) is 89.8 Å². The lowest BCUT2D eigenvalue weighted by molar-refractivity contribution is -0.138. The van der Waals surface area contributed by atoms with Crippen LogP contribution in [0.5, 0.6) is 5.75 Å². The number of carbonyl (C=O) groups is 3. The molecule has 5 N–H and O–H groups in total. The number of carboxylic acids is 1. The first-order valence-corrected chi connectivity index (χ1v) is 14.0. The molecular weight excluding hydrogens is 552 g/mol. The maximum absolute atomic E-state index is 12.4. The number of hydrogen-bond donors (Lipinski definition) is 5. The molecule has 3 rings (SSSR count). The summed E-state index contributed by atoms with van der Waals surface area (Å²) in [7, 11) is -4.07. The molecular formula is C28H30N4O8S. The van der Waals surface area contributed by atoms with Gasteiger partial charge in [-0.2, -0.15) is 4.72 Å². The number of amides is 2. The molecule has 12 nitrogen and oxygen atoms in total. The van der Waals surface area contributed by atoms with Gasteiger partial charge in [0.1, 0.15) is 24.2 Å². The summed E-state index contributed by atoms with van der Waals surface area (Å²) in [5, 5.41) is 22.2. The van der Waals surface area contributed by atoms with E-state index in [1.165, 1.54) is 24.3 Å². The number of sulfonamides is 1. The Balaban J connectivity index is 1.35. The molecule has 3 aromatic rings. The average molecular weight is 583 g/mol. The second-order valence-corrected chi connectivity index (χ2v) is 10.4. The Hall–Kier alpha value is -4.75. The van der Waals surface area contributed by atoms with Crippen molar-refractivity contribution < 1.29 is 37.4 Å². The number of hydrogen-bond acceptors (Lipinski definition) is 8. The molecule has 3 aromatic carbocycles. The zero-order valence-electron chi connectivity index (χ0n) is 21.9. The lowest BCUT2D eigenvalue weighted by Gasteiger charge is -2.15. The number of nitrogens with one attached hydrogen (secondary N) is 4. The van der Waals surface area contributed by atoms with E-state index in [1.807, 2.05) is 30.3 Å². The fourth-order valence-corrected chi connectivity index (χ4v) is 4.62. The standard InChI is InChI=1S/C28H30N4O8S/c29-26(31-28(36)40-19-20-8-3-1-4-9-20)21-13-15-22(16-14-21)39-17-7-12-25(33)30-18-24(27(34)35)32-41(37,38)23-10-5-2-6-11-23/h1-6,8-11,13-16,24,32H,7,12,17-19H2,(H,30,33)(H,34,35)(H2,29,31,36). The van der Waals surface area contributed by atoms with Gasteiger partial charge in [-0.3, -0.25) is 20.3 Å². The zero-order chi connectivity index (χ0) is 29.7. The van der Waals surface area contributed by atoms with Gasteiger partial charge in [0.05, 0.1) is 11.5 Å². The third-order valence-electron chi connectivity index (χ3n) is 5.55. The first-order valence-electron chi connectivity index (χ1n) is 12.5. The Bertz CT molecular complexity index is 1430. The van der Waals surface area contributed by atoms with Gasteiger partial charge in [0.15, 0.2) is 0 Å². The first-order chi connectivity index (χ1) is 19.6. The van der Waals surface area contributed by atoms with Crippen molar-refractivity contribution in [3.8, 4) is 5.75 Å².